The molecule has 0 spiro atoms. The lowest BCUT2D eigenvalue weighted by Gasteiger charge is -2.14. The van der Waals surface area contributed by atoms with Crippen LogP contribution in [0.2, 0.25) is 0 Å². The number of carbonyl (C=O) groups is 1. The highest BCUT2D eigenvalue weighted by Gasteiger charge is 2.18. The van der Waals surface area contributed by atoms with Gasteiger partial charge in [-0.2, -0.15) is 0 Å². The van der Waals surface area contributed by atoms with E-state index in [1.165, 1.54) is 0 Å². The second-order valence-corrected chi connectivity index (χ2v) is 6.39. The third-order valence-corrected chi connectivity index (χ3v) is 3.10. The highest BCUT2D eigenvalue weighted by Crippen LogP contribution is 2.24. The molecular formula is C13H21NO2S. The molecule has 0 unspecified atom stereocenters. The third-order valence-electron chi connectivity index (χ3n) is 2.25. The molecule has 0 saturated heterocycles. The molecule has 0 N–H and O–H groups in total. The topological polar surface area (TPSA) is 39.2 Å². The van der Waals surface area contributed by atoms with Gasteiger partial charge < -0.3 is 4.74 Å². The Morgan fingerprint density at radius 2 is 2.12 bits per heavy atom. The first-order valence-electron chi connectivity index (χ1n) is 5.87. The maximum atomic E-state index is 11.6. The van der Waals surface area contributed by atoms with Crippen molar-refractivity contribution in [1.29, 1.82) is 0 Å². The molecule has 4 heteroatoms. The number of thiazole rings is 1. The van der Waals surface area contributed by atoms with Gasteiger partial charge in [-0.25, -0.2) is 4.98 Å². The van der Waals surface area contributed by atoms with E-state index in [1.54, 1.807) is 11.3 Å². The highest BCUT2D eigenvalue weighted by atomic mass is 32.1. The number of carbonyl (C=O) groups excluding carboxylic acids is 1. The van der Waals surface area contributed by atoms with Gasteiger partial charge in [0.05, 0.1) is 18.2 Å². The van der Waals surface area contributed by atoms with Crippen LogP contribution < -0.4 is 0 Å². The van der Waals surface area contributed by atoms with Crippen molar-refractivity contribution in [3.05, 3.63) is 16.1 Å². The second kappa shape index (κ2) is 5.74. The first-order chi connectivity index (χ1) is 7.79. The molecule has 0 saturated carbocycles. The molecule has 17 heavy (non-hydrogen) atoms. The van der Waals surface area contributed by atoms with Gasteiger partial charge in [0, 0.05) is 10.8 Å². The molecule has 0 atom stereocenters. The van der Waals surface area contributed by atoms with Crippen LogP contribution in [-0.2, 0) is 21.4 Å². The van der Waals surface area contributed by atoms with Crippen LogP contribution in [0.3, 0.4) is 0 Å². The molecule has 0 bridgehead atoms. The van der Waals surface area contributed by atoms with Crippen molar-refractivity contribution in [2.45, 2.75) is 52.6 Å². The number of nitrogens with zero attached hydrogens (tertiary/aromatic N) is 1. The molecule has 0 radical (unpaired) electrons. The molecule has 1 heterocycles. The van der Waals surface area contributed by atoms with Crippen LogP contribution in [0.4, 0.5) is 0 Å². The minimum Gasteiger partial charge on any atom is -0.371 e. The van der Waals surface area contributed by atoms with E-state index in [2.05, 4.69) is 25.8 Å². The van der Waals surface area contributed by atoms with Crippen LogP contribution in [-0.4, -0.2) is 23.5 Å². The van der Waals surface area contributed by atoms with Crippen LogP contribution in [0.1, 0.15) is 45.3 Å². The summed E-state index contributed by atoms with van der Waals surface area (Å²) in [4.78, 5) is 16.1. The SMILES string of the molecule is CC(C)OCC(=O)Cc1nc(C(C)(C)C)cs1. The normalized spacial score (nSPS) is 12.1. The molecule has 1 rings (SSSR count). The van der Waals surface area contributed by atoms with Gasteiger partial charge >= 0.3 is 0 Å². The Kier molecular flexibility index (Phi) is 4.83. The Labute approximate surface area is 107 Å². The van der Waals surface area contributed by atoms with E-state index >= 15 is 0 Å². The number of hydrogen-bond donors (Lipinski definition) is 0. The zero-order chi connectivity index (χ0) is 13.1. The van der Waals surface area contributed by atoms with Gasteiger partial charge in [-0.1, -0.05) is 20.8 Å². The maximum Gasteiger partial charge on any atom is 0.165 e. The van der Waals surface area contributed by atoms with E-state index in [9.17, 15) is 4.79 Å². The molecule has 0 aliphatic heterocycles. The van der Waals surface area contributed by atoms with Crippen LogP contribution in [0.15, 0.2) is 5.38 Å². The summed E-state index contributed by atoms with van der Waals surface area (Å²) < 4.78 is 5.28. The number of Topliss-reactive ketones (excluding diaryl/α,β-unsaturated/α-hetero) is 1. The largest absolute Gasteiger partial charge is 0.371 e. The van der Waals surface area contributed by atoms with Gasteiger partial charge in [-0.3, -0.25) is 4.79 Å². The van der Waals surface area contributed by atoms with E-state index in [0.29, 0.717) is 6.42 Å². The fourth-order valence-corrected chi connectivity index (χ4v) is 2.27. The molecule has 0 aliphatic rings. The smallest absolute Gasteiger partial charge is 0.165 e. The summed E-state index contributed by atoms with van der Waals surface area (Å²) in [6.07, 6.45) is 0.480. The van der Waals surface area contributed by atoms with E-state index in [0.717, 1.165) is 10.7 Å². The summed E-state index contributed by atoms with van der Waals surface area (Å²) in [5.74, 6) is 0.0912. The van der Waals surface area contributed by atoms with Crippen molar-refractivity contribution < 1.29 is 9.53 Å². The lowest BCUT2D eigenvalue weighted by molar-refractivity contribution is -0.124. The number of aromatic nitrogens is 1. The van der Waals surface area contributed by atoms with Crippen LogP contribution in [0.25, 0.3) is 0 Å². The quantitative estimate of drug-likeness (QED) is 0.812. The fraction of sp³-hybridized carbons (Fsp3) is 0.692. The Balaban J connectivity index is 2.52. The predicted octanol–water partition coefficient (Wildman–Crippen LogP) is 2.98. The van der Waals surface area contributed by atoms with E-state index in [-0.39, 0.29) is 23.9 Å². The number of ketones is 1. The van der Waals surface area contributed by atoms with Crippen LogP contribution in [0, 0.1) is 0 Å². The molecular weight excluding hydrogens is 234 g/mol. The Bertz CT molecular complexity index is 377. The van der Waals surface area contributed by atoms with Gasteiger partial charge in [-0.05, 0) is 13.8 Å². The van der Waals surface area contributed by atoms with Gasteiger partial charge in [0.2, 0.25) is 0 Å². The minimum atomic E-state index is 0.0478. The predicted molar refractivity (Wildman–Crippen MR) is 70.6 cm³/mol. The Morgan fingerprint density at radius 1 is 1.47 bits per heavy atom. The van der Waals surface area contributed by atoms with Crippen molar-refractivity contribution in [1.82, 2.24) is 4.98 Å². The summed E-state index contributed by atoms with van der Waals surface area (Å²) in [6, 6.07) is 0. The molecule has 1 aromatic rings. The standard InChI is InChI=1S/C13H21NO2S/c1-9(2)16-7-10(15)6-12-14-11(8-17-12)13(3,4)5/h8-9H,6-7H2,1-5H3. The summed E-state index contributed by atoms with van der Waals surface area (Å²) >= 11 is 1.55. The van der Waals surface area contributed by atoms with Crippen molar-refractivity contribution in [3.8, 4) is 0 Å². The zero-order valence-electron chi connectivity index (χ0n) is 11.2. The number of ether oxygens (including phenoxy) is 1. The van der Waals surface area contributed by atoms with Crippen LogP contribution >= 0.6 is 11.3 Å². The molecule has 0 aromatic carbocycles. The average molecular weight is 255 g/mol. The summed E-state index contributed by atoms with van der Waals surface area (Å²) in [5, 5.41) is 2.92. The van der Waals surface area contributed by atoms with Gasteiger partial charge in [-0.15, -0.1) is 11.3 Å². The lowest BCUT2D eigenvalue weighted by atomic mass is 9.93. The molecule has 0 fully saturated rings. The van der Waals surface area contributed by atoms with E-state index < -0.39 is 0 Å². The zero-order valence-corrected chi connectivity index (χ0v) is 12.1. The van der Waals surface area contributed by atoms with Crippen molar-refractivity contribution in [2.75, 3.05) is 6.61 Å². The van der Waals surface area contributed by atoms with Crippen molar-refractivity contribution in [3.63, 3.8) is 0 Å². The summed E-state index contributed by atoms with van der Waals surface area (Å²) in [6.45, 7) is 10.4. The maximum absolute atomic E-state index is 11.6. The van der Waals surface area contributed by atoms with Gasteiger partial charge in [0.25, 0.3) is 0 Å². The van der Waals surface area contributed by atoms with Crippen LogP contribution in [0.5, 0.6) is 0 Å². The van der Waals surface area contributed by atoms with E-state index in [4.69, 9.17) is 4.74 Å². The minimum absolute atomic E-state index is 0.0478. The summed E-state index contributed by atoms with van der Waals surface area (Å²) in [7, 11) is 0. The Morgan fingerprint density at radius 3 is 2.59 bits per heavy atom. The fourth-order valence-electron chi connectivity index (χ4n) is 1.22. The third kappa shape index (κ3) is 4.96. The molecule has 96 valence electrons. The lowest BCUT2D eigenvalue weighted by Crippen LogP contribution is -2.16. The average Bonchev–Trinajstić information content (AvgIpc) is 2.62. The van der Waals surface area contributed by atoms with Gasteiger partial charge in [0.1, 0.15) is 11.6 Å². The van der Waals surface area contributed by atoms with Crippen molar-refractivity contribution in [2.24, 2.45) is 0 Å². The first-order valence-corrected chi connectivity index (χ1v) is 6.75. The first kappa shape index (κ1) is 14.3. The highest BCUT2D eigenvalue weighted by molar-refractivity contribution is 7.09. The van der Waals surface area contributed by atoms with Gasteiger partial charge in [0.15, 0.2) is 5.78 Å². The second-order valence-electron chi connectivity index (χ2n) is 5.45. The molecule has 0 amide bonds. The molecule has 1 aromatic heterocycles. The molecule has 0 aliphatic carbocycles. The van der Waals surface area contributed by atoms with E-state index in [1.807, 2.05) is 19.2 Å². The number of hydrogen-bond acceptors (Lipinski definition) is 4. The summed E-state index contributed by atoms with van der Waals surface area (Å²) in [5.41, 5.74) is 1.10. The number of rotatable bonds is 5. The Hall–Kier alpha value is -0.740. The molecule has 3 nitrogen and oxygen atoms in total. The van der Waals surface area contributed by atoms with Crippen molar-refractivity contribution >= 4 is 17.1 Å². The monoisotopic (exact) mass is 255 g/mol.